The number of aryl methyl sites for hydroxylation is 1. The molecule has 1 aromatic heterocycles. The summed E-state index contributed by atoms with van der Waals surface area (Å²) >= 11 is 0. The number of ether oxygens (including phenoxy) is 1. The Kier molecular flexibility index (Phi) is 5.22. The van der Waals surface area contributed by atoms with Gasteiger partial charge >= 0.3 is 0 Å². The van der Waals surface area contributed by atoms with Crippen LogP contribution in [0.4, 0.5) is 4.39 Å². The predicted molar refractivity (Wildman–Crippen MR) is 79.9 cm³/mol. The van der Waals surface area contributed by atoms with Gasteiger partial charge in [-0.2, -0.15) is 0 Å². The maximum atomic E-state index is 13.5. The van der Waals surface area contributed by atoms with E-state index in [1.807, 2.05) is 6.07 Å². The van der Waals surface area contributed by atoms with Gasteiger partial charge in [-0.15, -0.1) is 0 Å². The molecule has 0 saturated heterocycles. The predicted octanol–water partition coefficient (Wildman–Crippen LogP) is 3.02. The molecule has 1 heterocycles. The van der Waals surface area contributed by atoms with Crippen molar-refractivity contribution in [1.29, 1.82) is 0 Å². The number of aromatic nitrogens is 2. The van der Waals surface area contributed by atoms with E-state index in [-0.39, 0.29) is 11.9 Å². The van der Waals surface area contributed by atoms with Gasteiger partial charge in [-0.05, 0) is 37.1 Å². The van der Waals surface area contributed by atoms with Crippen molar-refractivity contribution < 1.29 is 9.13 Å². The van der Waals surface area contributed by atoms with E-state index in [9.17, 15) is 4.39 Å². The first-order valence-corrected chi connectivity index (χ1v) is 7.01. The molecule has 0 saturated carbocycles. The summed E-state index contributed by atoms with van der Waals surface area (Å²) in [4.78, 5) is 8.35. The van der Waals surface area contributed by atoms with Crippen molar-refractivity contribution in [1.82, 2.24) is 15.3 Å². The van der Waals surface area contributed by atoms with Crippen LogP contribution in [0.3, 0.4) is 0 Å². The molecule has 0 aliphatic rings. The third kappa shape index (κ3) is 3.76. The van der Waals surface area contributed by atoms with E-state index in [0.717, 1.165) is 24.2 Å². The second-order valence-corrected chi connectivity index (χ2v) is 4.88. The quantitative estimate of drug-likeness (QED) is 0.888. The molecule has 112 valence electrons. The standard InChI is InChI=1S/C16H20FN3O/c1-4-7-18-16(12-5-6-13(17)11(2)8-12)14-9-15(21-3)20-10-19-14/h5-6,8-10,16,18H,4,7H2,1-3H3. The van der Waals surface area contributed by atoms with Gasteiger partial charge in [0.2, 0.25) is 5.88 Å². The third-order valence-corrected chi connectivity index (χ3v) is 3.28. The van der Waals surface area contributed by atoms with Crippen molar-refractivity contribution in [2.45, 2.75) is 26.3 Å². The van der Waals surface area contributed by atoms with Crippen LogP contribution in [0, 0.1) is 12.7 Å². The van der Waals surface area contributed by atoms with Crippen LogP contribution in [-0.2, 0) is 0 Å². The largest absolute Gasteiger partial charge is 0.481 e. The molecular formula is C16H20FN3O. The SMILES string of the molecule is CCCNC(c1ccc(F)c(C)c1)c1cc(OC)ncn1. The Hall–Kier alpha value is -2.01. The van der Waals surface area contributed by atoms with Gasteiger partial charge in [0.1, 0.15) is 12.1 Å². The van der Waals surface area contributed by atoms with Crippen LogP contribution < -0.4 is 10.1 Å². The lowest BCUT2D eigenvalue weighted by atomic mass is 10.0. The molecule has 2 aromatic rings. The number of halogens is 1. The summed E-state index contributed by atoms with van der Waals surface area (Å²) in [5.41, 5.74) is 2.40. The minimum Gasteiger partial charge on any atom is -0.481 e. The summed E-state index contributed by atoms with van der Waals surface area (Å²) in [6.07, 6.45) is 2.48. The average molecular weight is 289 g/mol. The summed E-state index contributed by atoms with van der Waals surface area (Å²) in [5.74, 6) is 0.315. The van der Waals surface area contributed by atoms with Gasteiger partial charge in [0.05, 0.1) is 18.8 Å². The number of nitrogens with zero attached hydrogens (tertiary/aromatic N) is 2. The lowest BCUT2D eigenvalue weighted by Crippen LogP contribution is -2.24. The van der Waals surface area contributed by atoms with Gasteiger partial charge in [-0.25, -0.2) is 14.4 Å². The van der Waals surface area contributed by atoms with Crippen molar-refractivity contribution in [2.75, 3.05) is 13.7 Å². The molecule has 21 heavy (non-hydrogen) atoms. The zero-order valence-corrected chi connectivity index (χ0v) is 12.6. The minimum atomic E-state index is -0.201. The van der Waals surface area contributed by atoms with E-state index in [0.29, 0.717) is 11.4 Å². The van der Waals surface area contributed by atoms with Crippen molar-refractivity contribution in [3.05, 3.63) is 53.2 Å². The highest BCUT2D eigenvalue weighted by molar-refractivity contribution is 5.32. The molecule has 0 radical (unpaired) electrons. The molecule has 0 fully saturated rings. The molecular weight excluding hydrogens is 269 g/mol. The Morgan fingerprint density at radius 2 is 2.10 bits per heavy atom. The summed E-state index contributed by atoms with van der Waals surface area (Å²) in [6, 6.07) is 6.80. The average Bonchev–Trinajstić information content (AvgIpc) is 2.51. The number of nitrogens with one attached hydrogen (secondary N) is 1. The maximum absolute atomic E-state index is 13.5. The fraction of sp³-hybridized carbons (Fsp3) is 0.375. The second-order valence-electron chi connectivity index (χ2n) is 4.88. The highest BCUT2D eigenvalue weighted by Gasteiger charge is 2.16. The molecule has 0 bridgehead atoms. The van der Waals surface area contributed by atoms with Crippen LogP contribution in [0.15, 0.2) is 30.6 Å². The summed E-state index contributed by atoms with van der Waals surface area (Å²) in [6.45, 7) is 4.70. The van der Waals surface area contributed by atoms with E-state index in [4.69, 9.17) is 4.74 Å². The van der Waals surface area contributed by atoms with Crippen LogP contribution in [0.25, 0.3) is 0 Å². The van der Waals surface area contributed by atoms with Crippen LogP contribution in [-0.4, -0.2) is 23.6 Å². The fourth-order valence-corrected chi connectivity index (χ4v) is 2.15. The highest BCUT2D eigenvalue weighted by Crippen LogP contribution is 2.24. The number of hydrogen-bond donors (Lipinski definition) is 1. The van der Waals surface area contributed by atoms with Gasteiger partial charge in [0.25, 0.3) is 0 Å². The van der Waals surface area contributed by atoms with Crippen molar-refractivity contribution in [3.63, 3.8) is 0 Å². The lowest BCUT2D eigenvalue weighted by molar-refractivity contribution is 0.394. The Morgan fingerprint density at radius 1 is 1.29 bits per heavy atom. The molecule has 1 N–H and O–H groups in total. The monoisotopic (exact) mass is 289 g/mol. The number of rotatable bonds is 6. The zero-order chi connectivity index (χ0) is 15.2. The molecule has 0 aliphatic heterocycles. The molecule has 4 nitrogen and oxygen atoms in total. The van der Waals surface area contributed by atoms with Gasteiger partial charge in [-0.1, -0.05) is 19.1 Å². The molecule has 1 unspecified atom stereocenters. The van der Waals surface area contributed by atoms with Crippen molar-refractivity contribution >= 4 is 0 Å². The fourth-order valence-electron chi connectivity index (χ4n) is 2.15. The summed E-state index contributed by atoms with van der Waals surface area (Å²) < 4.78 is 18.6. The molecule has 0 aliphatic carbocycles. The summed E-state index contributed by atoms with van der Waals surface area (Å²) in [5, 5.41) is 3.43. The Balaban J connectivity index is 2.38. The van der Waals surface area contributed by atoms with E-state index in [2.05, 4.69) is 22.2 Å². The van der Waals surface area contributed by atoms with Gasteiger partial charge in [-0.3, -0.25) is 0 Å². The Morgan fingerprint density at radius 3 is 2.76 bits per heavy atom. The number of benzene rings is 1. The summed E-state index contributed by atoms with van der Waals surface area (Å²) in [7, 11) is 1.57. The van der Waals surface area contributed by atoms with Crippen LogP contribution in [0.5, 0.6) is 5.88 Å². The topological polar surface area (TPSA) is 47.0 Å². The Labute approximate surface area is 124 Å². The van der Waals surface area contributed by atoms with Crippen LogP contribution in [0.1, 0.15) is 36.2 Å². The van der Waals surface area contributed by atoms with Gasteiger partial charge in [0, 0.05) is 6.07 Å². The van der Waals surface area contributed by atoms with Crippen molar-refractivity contribution in [2.24, 2.45) is 0 Å². The van der Waals surface area contributed by atoms with Crippen molar-refractivity contribution in [3.8, 4) is 5.88 Å². The number of methoxy groups -OCH3 is 1. The first-order valence-electron chi connectivity index (χ1n) is 7.01. The third-order valence-electron chi connectivity index (χ3n) is 3.28. The molecule has 1 atom stereocenters. The Bertz CT molecular complexity index is 604. The van der Waals surface area contributed by atoms with E-state index in [1.165, 1.54) is 12.4 Å². The van der Waals surface area contributed by atoms with E-state index in [1.54, 1.807) is 26.2 Å². The molecule has 1 aromatic carbocycles. The molecule has 5 heteroatoms. The van der Waals surface area contributed by atoms with Gasteiger partial charge in [0.15, 0.2) is 0 Å². The lowest BCUT2D eigenvalue weighted by Gasteiger charge is -2.19. The molecule has 0 spiro atoms. The van der Waals surface area contributed by atoms with Crippen LogP contribution in [0.2, 0.25) is 0 Å². The smallest absolute Gasteiger partial charge is 0.216 e. The van der Waals surface area contributed by atoms with Gasteiger partial charge < -0.3 is 10.1 Å². The second kappa shape index (κ2) is 7.13. The van der Waals surface area contributed by atoms with Crippen LogP contribution >= 0.6 is 0 Å². The first-order chi connectivity index (χ1) is 10.2. The zero-order valence-electron chi connectivity index (χ0n) is 12.6. The maximum Gasteiger partial charge on any atom is 0.216 e. The highest BCUT2D eigenvalue weighted by atomic mass is 19.1. The minimum absolute atomic E-state index is 0.110. The van der Waals surface area contributed by atoms with E-state index < -0.39 is 0 Å². The van der Waals surface area contributed by atoms with E-state index >= 15 is 0 Å². The number of hydrogen-bond acceptors (Lipinski definition) is 4. The molecule has 0 amide bonds. The first kappa shape index (κ1) is 15.4. The normalized spacial score (nSPS) is 12.2. The molecule has 2 rings (SSSR count).